The normalized spacial score (nSPS) is 19.4. The van der Waals surface area contributed by atoms with E-state index in [2.05, 4.69) is 16.3 Å². The Morgan fingerprint density at radius 1 is 1.50 bits per heavy atom. The number of nitrogens with zero attached hydrogens (tertiary/aromatic N) is 2. The van der Waals surface area contributed by atoms with Crippen LogP contribution in [0, 0.1) is 17.1 Å². The Morgan fingerprint density at radius 3 is 3.06 bits per heavy atom. The summed E-state index contributed by atoms with van der Waals surface area (Å²) < 4.78 is 13.3. The molecule has 1 unspecified atom stereocenters. The molecule has 4 heteroatoms. The fourth-order valence-corrected chi connectivity index (χ4v) is 2.49. The average Bonchev–Trinajstić information content (AvgIpc) is 3.10. The number of anilines is 1. The van der Waals surface area contributed by atoms with Gasteiger partial charge in [-0.2, -0.15) is 5.26 Å². The third-order valence-electron chi connectivity index (χ3n) is 3.61. The van der Waals surface area contributed by atoms with E-state index in [4.69, 9.17) is 5.26 Å². The summed E-state index contributed by atoms with van der Waals surface area (Å²) in [5.41, 5.74) is 2.13. The van der Waals surface area contributed by atoms with Crippen LogP contribution in [0.5, 0.6) is 0 Å². The van der Waals surface area contributed by atoms with Crippen LogP contribution in [0.25, 0.3) is 0 Å². The summed E-state index contributed by atoms with van der Waals surface area (Å²) in [5.74, 6) is -0.204. The van der Waals surface area contributed by atoms with Gasteiger partial charge in [0, 0.05) is 24.8 Å². The third kappa shape index (κ3) is 2.32. The Kier molecular flexibility index (Phi) is 2.92. The number of halogens is 1. The minimum Gasteiger partial charge on any atom is -0.368 e. The summed E-state index contributed by atoms with van der Waals surface area (Å²) in [7, 11) is 0. The van der Waals surface area contributed by atoms with Crippen molar-refractivity contribution in [3.8, 4) is 6.07 Å². The Morgan fingerprint density at radius 2 is 2.33 bits per heavy atom. The molecule has 1 fully saturated rings. The van der Waals surface area contributed by atoms with Crippen molar-refractivity contribution in [3.05, 3.63) is 29.6 Å². The van der Waals surface area contributed by atoms with Gasteiger partial charge in [0.05, 0.1) is 6.07 Å². The van der Waals surface area contributed by atoms with Crippen LogP contribution >= 0.6 is 0 Å². The lowest BCUT2D eigenvalue weighted by molar-refractivity contribution is 0.584. The van der Waals surface area contributed by atoms with E-state index in [0.29, 0.717) is 12.6 Å². The van der Waals surface area contributed by atoms with Gasteiger partial charge in [-0.1, -0.05) is 6.07 Å². The number of benzene rings is 1. The highest BCUT2D eigenvalue weighted by Crippen LogP contribution is 2.29. The molecule has 18 heavy (non-hydrogen) atoms. The lowest BCUT2D eigenvalue weighted by Crippen LogP contribution is -2.40. The van der Waals surface area contributed by atoms with Crippen LogP contribution in [-0.2, 0) is 6.42 Å². The Bertz CT molecular complexity index is 490. The molecule has 3 rings (SSSR count). The van der Waals surface area contributed by atoms with E-state index in [-0.39, 0.29) is 11.9 Å². The number of hydrogen-bond donors (Lipinski definition) is 1. The molecule has 1 N–H and O–H groups in total. The van der Waals surface area contributed by atoms with Crippen LogP contribution in [0.1, 0.15) is 18.4 Å². The van der Waals surface area contributed by atoms with E-state index >= 15 is 0 Å². The minimum atomic E-state index is -0.204. The molecule has 1 aliphatic carbocycles. The highest BCUT2D eigenvalue weighted by molar-refractivity contribution is 5.58. The van der Waals surface area contributed by atoms with E-state index in [1.807, 2.05) is 6.07 Å². The maximum Gasteiger partial charge on any atom is 0.125 e. The molecule has 0 amide bonds. The lowest BCUT2D eigenvalue weighted by Gasteiger charge is -2.23. The molecule has 1 atom stereocenters. The van der Waals surface area contributed by atoms with Gasteiger partial charge < -0.3 is 4.90 Å². The van der Waals surface area contributed by atoms with Crippen molar-refractivity contribution >= 4 is 5.69 Å². The largest absolute Gasteiger partial charge is 0.368 e. The van der Waals surface area contributed by atoms with Crippen LogP contribution in [-0.4, -0.2) is 25.2 Å². The molecule has 0 bridgehead atoms. The fourth-order valence-electron chi connectivity index (χ4n) is 2.49. The van der Waals surface area contributed by atoms with Gasteiger partial charge in [0.15, 0.2) is 0 Å². The molecule has 0 saturated heterocycles. The zero-order valence-electron chi connectivity index (χ0n) is 10.2. The first kappa shape index (κ1) is 11.5. The van der Waals surface area contributed by atoms with Gasteiger partial charge >= 0.3 is 0 Å². The van der Waals surface area contributed by atoms with E-state index in [1.165, 1.54) is 24.5 Å². The number of nitriles is 1. The van der Waals surface area contributed by atoms with Crippen LogP contribution in [0.4, 0.5) is 10.1 Å². The summed E-state index contributed by atoms with van der Waals surface area (Å²) in [6.07, 6.45) is 3.28. The van der Waals surface area contributed by atoms with Gasteiger partial charge in [-0.15, -0.1) is 0 Å². The van der Waals surface area contributed by atoms with E-state index in [1.54, 1.807) is 6.07 Å². The topological polar surface area (TPSA) is 39.1 Å². The van der Waals surface area contributed by atoms with Gasteiger partial charge in [-0.05, 0) is 37.0 Å². The van der Waals surface area contributed by atoms with E-state index < -0.39 is 0 Å². The van der Waals surface area contributed by atoms with Gasteiger partial charge in [-0.3, -0.25) is 5.32 Å². The molecule has 1 saturated carbocycles. The first-order valence-corrected chi connectivity index (χ1v) is 6.45. The second-order valence-electron chi connectivity index (χ2n) is 5.09. The van der Waals surface area contributed by atoms with E-state index in [9.17, 15) is 4.39 Å². The zero-order chi connectivity index (χ0) is 12.5. The number of hydrogen-bond acceptors (Lipinski definition) is 3. The summed E-state index contributed by atoms with van der Waals surface area (Å²) in [4.78, 5) is 2.11. The molecule has 1 aromatic carbocycles. The highest BCUT2D eigenvalue weighted by Gasteiger charge is 2.27. The average molecular weight is 245 g/mol. The van der Waals surface area contributed by atoms with Crippen LogP contribution < -0.4 is 10.2 Å². The Balaban J connectivity index is 1.71. The summed E-state index contributed by atoms with van der Waals surface area (Å²) in [6.45, 7) is 1.52. The molecule has 94 valence electrons. The molecule has 0 aromatic heterocycles. The molecule has 1 aliphatic heterocycles. The smallest absolute Gasteiger partial charge is 0.125 e. The monoisotopic (exact) mass is 245 g/mol. The predicted octanol–water partition coefficient (Wildman–Crippen LogP) is 1.83. The predicted molar refractivity (Wildman–Crippen MR) is 67.9 cm³/mol. The Labute approximate surface area is 106 Å². The quantitative estimate of drug-likeness (QED) is 0.879. The maximum absolute atomic E-state index is 13.3. The fraction of sp³-hybridized carbons (Fsp3) is 0.500. The van der Waals surface area contributed by atoms with Gasteiger partial charge in [-0.25, -0.2) is 4.39 Å². The van der Waals surface area contributed by atoms with Crippen LogP contribution in [0.3, 0.4) is 0 Å². The zero-order valence-corrected chi connectivity index (χ0v) is 10.2. The lowest BCUT2D eigenvalue weighted by atomic mass is 10.1. The molecule has 0 radical (unpaired) electrons. The number of nitrogens with one attached hydrogen (secondary N) is 1. The van der Waals surface area contributed by atoms with Crippen LogP contribution in [0.15, 0.2) is 18.2 Å². The van der Waals surface area contributed by atoms with Crippen molar-refractivity contribution in [3.63, 3.8) is 0 Å². The SMILES string of the molecule is N#CC(CN1CCc2ccc(F)cc21)NC1CC1. The van der Waals surface area contributed by atoms with E-state index in [0.717, 1.165) is 18.7 Å². The molecule has 1 heterocycles. The summed E-state index contributed by atoms with van der Waals surface area (Å²) in [5, 5.41) is 12.5. The van der Waals surface area contributed by atoms with Gasteiger partial charge in [0.1, 0.15) is 11.9 Å². The van der Waals surface area contributed by atoms with Crippen molar-refractivity contribution in [2.24, 2.45) is 0 Å². The van der Waals surface area contributed by atoms with Crippen molar-refractivity contribution in [2.75, 3.05) is 18.0 Å². The van der Waals surface area contributed by atoms with Gasteiger partial charge in [0.2, 0.25) is 0 Å². The summed E-state index contributed by atoms with van der Waals surface area (Å²) >= 11 is 0. The van der Waals surface area contributed by atoms with Crippen LogP contribution in [0.2, 0.25) is 0 Å². The van der Waals surface area contributed by atoms with Crippen molar-refractivity contribution < 1.29 is 4.39 Å². The minimum absolute atomic E-state index is 0.160. The molecule has 2 aliphatic rings. The second kappa shape index (κ2) is 4.58. The third-order valence-corrected chi connectivity index (χ3v) is 3.61. The standard InChI is InChI=1S/C14H16FN3/c15-11-2-1-10-5-6-18(14(10)7-11)9-13(8-16)17-12-3-4-12/h1-2,7,12-13,17H,3-6,9H2. The molecular weight excluding hydrogens is 229 g/mol. The first-order chi connectivity index (χ1) is 8.76. The molecular formula is C14H16FN3. The van der Waals surface area contributed by atoms with Crippen molar-refractivity contribution in [1.29, 1.82) is 5.26 Å². The van der Waals surface area contributed by atoms with Gasteiger partial charge in [0.25, 0.3) is 0 Å². The van der Waals surface area contributed by atoms with Crippen molar-refractivity contribution in [1.82, 2.24) is 5.32 Å². The van der Waals surface area contributed by atoms with Crippen molar-refractivity contribution in [2.45, 2.75) is 31.3 Å². The maximum atomic E-state index is 13.3. The number of fused-ring (bicyclic) bond motifs is 1. The first-order valence-electron chi connectivity index (χ1n) is 6.45. The molecule has 3 nitrogen and oxygen atoms in total. The number of rotatable bonds is 4. The molecule has 1 aromatic rings. The molecule has 0 spiro atoms. The second-order valence-corrected chi connectivity index (χ2v) is 5.09. The highest BCUT2D eigenvalue weighted by atomic mass is 19.1. The Hall–Kier alpha value is -1.60. The summed E-state index contributed by atoms with van der Waals surface area (Å²) in [6, 6.07) is 7.59.